The lowest BCUT2D eigenvalue weighted by Gasteiger charge is -2.14. The fraction of sp³-hybridized carbons (Fsp3) is 0.375. The lowest BCUT2D eigenvalue weighted by Crippen LogP contribution is -2.42. The maximum Gasteiger partial charge on any atom is 0.241 e. The standard InChI is InChI=1S/C16H21FN4O2/c1-10-12-7-11(17)5-6-13(12)23-14(10)8-19-16(18-2)20-9-15(22)21(3)4/h5-7H,8-9H2,1-4H3,(H2,18,19,20). The average Bonchev–Trinajstić information content (AvgIpc) is 2.83. The maximum absolute atomic E-state index is 13.3. The predicted octanol–water partition coefficient (Wildman–Crippen LogP) is 1.63. The molecule has 0 unspecified atom stereocenters. The molecule has 23 heavy (non-hydrogen) atoms. The summed E-state index contributed by atoms with van der Waals surface area (Å²) in [5.41, 5.74) is 1.53. The van der Waals surface area contributed by atoms with Crippen molar-refractivity contribution in [3.8, 4) is 0 Å². The molecule has 0 bridgehead atoms. The number of aryl methyl sites for hydroxylation is 1. The van der Waals surface area contributed by atoms with Crippen molar-refractivity contribution in [3.05, 3.63) is 35.3 Å². The van der Waals surface area contributed by atoms with Crippen LogP contribution in [0.15, 0.2) is 27.6 Å². The second-order valence-corrected chi connectivity index (χ2v) is 5.36. The van der Waals surface area contributed by atoms with Gasteiger partial charge in [-0.2, -0.15) is 0 Å². The van der Waals surface area contributed by atoms with E-state index in [0.717, 1.165) is 10.9 Å². The van der Waals surface area contributed by atoms with Crippen LogP contribution in [-0.4, -0.2) is 44.5 Å². The number of amides is 1. The van der Waals surface area contributed by atoms with Gasteiger partial charge in [0.05, 0.1) is 13.1 Å². The molecule has 7 heteroatoms. The number of rotatable bonds is 4. The van der Waals surface area contributed by atoms with Crippen LogP contribution in [-0.2, 0) is 11.3 Å². The fourth-order valence-corrected chi connectivity index (χ4v) is 2.11. The van der Waals surface area contributed by atoms with Crippen molar-refractivity contribution in [1.82, 2.24) is 15.5 Å². The number of furan rings is 1. The van der Waals surface area contributed by atoms with E-state index in [9.17, 15) is 9.18 Å². The number of carbonyl (C=O) groups excluding carboxylic acids is 1. The van der Waals surface area contributed by atoms with Crippen molar-refractivity contribution in [2.24, 2.45) is 4.99 Å². The molecule has 0 aliphatic heterocycles. The van der Waals surface area contributed by atoms with Crippen molar-refractivity contribution in [2.75, 3.05) is 27.7 Å². The highest BCUT2D eigenvalue weighted by Gasteiger charge is 2.12. The zero-order chi connectivity index (χ0) is 17.0. The molecule has 2 rings (SSSR count). The Kier molecular flexibility index (Phi) is 5.20. The number of likely N-dealkylation sites (N-methyl/N-ethyl adjacent to an activating group) is 1. The first kappa shape index (κ1) is 16.8. The number of hydrogen-bond donors (Lipinski definition) is 2. The Labute approximate surface area is 134 Å². The summed E-state index contributed by atoms with van der Waals surface area (Å²) < 4.78 is 19.0. The van der Waals surface area contributed by atoms with Gasteiger partial charge in [-0.15, -0.1) is 0 Å². The number of carbonyl (C=O) groups is 1. The number of halogens is 1. The molecule has 6 nitrogen and oxygen atoms in total. The van der Waals surface area contributed by atoms with Gasteiger partial charge < -0.3 is 20.0 Å². The topological polar surface area (TPSA) is 69.9 Å². The Bertz CT molecular complexity index is 737. The molecule has 0 aliphatic carbocycles. The monoisotopic (exact) mass is 320 g/mol. The van der Waals surface area contributed by atoms with Crippen LogP contribution in [0.4, 0.5) is 4.39 Å². The minimum atomic E-state index is -0.291. The lowest BCUT2D eigenvalue weighted by atomic mass is 10.1. The number of benzene rings is 1. The van der Waals surface area contributed by atoms with E-state index in [1.165, 1.54) is 17.0 Å². The van der Waals surface area contributed by atoms with Gasteiger partial charge in [-0.1, -0.05) is 0 Å². The van der Waals surface area contributed by atoms with E-state index in [1.54, 1.807) is 27.2 Å². The lowest BCUT2D eigenvalue weighted by molar-refractivity contribution is -0.127. The average molecular weight is 320 g/mol. The highest BCUT2D eigenvalue weighted by Crippen LogP contribution is 2.25. The number of nitrogens with zero attached hydrogens (tertiary/aromatic N) is 2. The minimum absolute atomic E-state index is 0.0525. The summed E-state index contributed by atoms with van der Waals surface area (Å²) in [5.74, 6) is 0.850. The Hall–Kier alpha value is -2.57. The molecule has 0 radical (unpaired) electrons. The van der Waals surface area contributed by atoms with Crippen LogP contribution in [0.1, 0.15) is 11.3 Å². The van der Waals surface area contributed by atoms with E-state index >= 15 is 0 Å². The Morgan fingerprint density at radius 1 is 1.35 bits per heavy atom. The first-order chi connectivity index (χ1) is 10.9. The third-order valence-corrected chi connectivity index (χ3v) is 3.54. The smallest absolute Gasteiger partial charge is 0.241 e. The molecule has 1 heterocycles. The second-order valence-electron chi connectivity index (χ2n) is 5.36. The molecule has 0 atom stereocenters. The van der Waals surface area contributed by atoms with Crippen LogP contribution in [0, 0.1) is 12.7 Å². The van der Waals surface area contributed by atoms with Gasteiger partial charge in [0.15, 0.2) is 5.96 Å². The summed E-state index contributed by atoms with van der Waals surface area (Å²) in [4.78, 5) is 17.1. The highest BCUT2D eigenvalue weighted by atomic mass is 19.1. The van der Waals surface area contributed by atoms with Gasteiger partial charge in [0, 0.05) is 32.1 Å². The molecule has 0 aliphatic rings. The fourth-order valence-electron chi connectivity index (χ4n) is 2.11. The summed E-state index contributed by atoms with van der Waals surface area (Å²) in [5, 5.41) is 6.76. The largest absolute Gasteiger partial charge is 0.459 e. The van der Waals surface area contributed by atoms with Gasteiger partial charge in [-0.25, -0.2) is 4.39 Å². The minimum Gasteiger partial charge on any atom is -0.459 e. The molecule has 1 aromatic heterocycles. The Balaban J connectivity index is 2.02. The SMILES string of the molecule is CN=C(NCC(=O)N(C)C)NCc1oc2ccc(F)cc2c1C. The molecular formula is C16H21FN4O2. The zero-order valence-corrected chi connectivity index (χ0v) is 13.7. The molecule has 1 amide bonds. The van der Waals surface area contributed by atoms with Crippen molar-refractivity contribution >= 4 is 22.8 Å². The van der Waals surface area contributed by atoms with Crippen LogP contribution < -0.4 is 10.6 Å². The summed E-state index contributed by atoms with van der Waals surface area (Å²) in [6, 6.07) is 4.44. The van der Waals surface area contributed by atoms with Crippen molar-refractivity contribution < 1.29 is 13.6 Å². The van der Waals surface area contributed by atoms with E-state index < -0.39 is 0 Å². The second kappa shape index (κ2) is 7.13. The summed E-state index contributed by atoms with van der Waals surface area (Å²) >= 11 is 0. The van der Waals surface area contributed by atoms with Crippen molar-refractivity contribution in [2.45, 2.75) is 13.5 Å². The molecular weight excluding hydrogens is 299 g/mol. The van der Waals surface area contributed by atoms with Crippen LogP contribution >= 0.6 is 0 Å². The number of fused-ring (bicyclic) bond motifs is 1. The quantitative estimate of drug-likeness (QED) is 0.664. The summed E-state index contributed by atoms with van der Waals surface area (Å²) in [7, 11) is 5.00. The third-order valence-electron chi connectivity index (χ3n) is 3.54. The van der Waals surface area contributed by atoms with Gasteiger partial charge in [0.25, 0.3) is 0 Å². The number of nitrogens with one attached hydrogen (secondary N) is 2. The van der Waals surface area contributed by atoms with Gasteiger partial charge in [0.1, 0.15) is 17.2 Å². The summed E-state index contributed by atoms with van der Waals surface area (Å²) in [6.45, 7) is 2.42. The van der Waals surface area contributed by atoms with Crippen LogP contribution in [0.3, 0.4) is 0 Å². The van der Waals surface area contributed by atoms with Crippen molar-refractivity contribution in [1.29, 1.82) is 0 Å². The molecule has 1 aromatic carbocycles. The van der Waals surface area contributed by atoms with E-state index in [0.29, 0.717) is 23.8 Å². The Morgan fingerprint density at radius 2 is 2.09 bits per heavy atom. The van der Waals surface area contributed by atoms with Gasteiger partial charge in [-0.3, -0.25) is 9.79 Å². The zero-order valence-electron chi connectivity index (χ0n) is 13.7. The van der Waals surface area contributed by atoms with E-state index in [2.05, 4.69) is 15.6 Å². The van der Waals surface area contributed by atoms with Crippen molar-refractivity contribution in [3.63, 3.8) is 0 Å². The van der Waals surface area contributed by atoms with Gasteiger partial charge >= 0.3 is 0 Å². The third kappa shape index (κ3) is 4.00. The first-order valence-corrected chi connectivity index (χ1v) is 7.24. The van der Waals surface area contributed by atoms with E-state index in [1.807, 2.05) is 6.92 Å². The molecule has 0 fully saturated rings. The Morgan fingerprint density at radius 3 is 2.74 bits per heavy atom. The van der Waals surface area contributed by atoms with E-state index in [-0.39, 0.29) is 18.3 Å². The predicted molar refractivity (Wildman–Crippen MR) is 87.8 cm³/mol. The van der Waals surface area contributed by atoms with Gasteiger partial charge in [-0.05, 0) is 25.1 Å². The highest BCUT2D eigenvalue weighted by molar-refractivity contribution is 5.86. The molecule has 0 spiro atoms. The number of hydrogen-bond acceptors (Lipinski definition) is 3. The molecule has 124 valence electrons. The van der Waals surface area contributed by atoms with E-state index in [4.69, 9.17) is 4.42 Å². The maximum atomic E-state index is 13.3. The van der Waals surface area contributed by atoms with Gasteiger partial charge in [0.2, 0.25) is 5.91 Å². The number of aliphatic imine (C=N–C) groups is 1. The molecule has 0 saturated carbocycles. The van der Waals surface area contributed by atoms with Crippen LogP contribution in [0.5, 0.6) is 0 Å². The molecule has 0 saturated heterocycles. The summed E-state index contributed by atoms with van der Waals surface area (Å²) in [6.07, 6.45) is 0. The van der Waals surface area contributed by atoms with Crippen LogP contribution in [0.25, 0.3) is 11.0 Å². The number of guanidine groups is 1. The first-order valence-electron chi connectivity index (χ1n) is 7.24. The molecule has 2 aromatic rings. The van der Waals surface area contributed by atoms with Crippen LogP contribution in [0.2, 0.25) is 0 Å². The normalized spacial score (nSPS) is 11.6. The molecule has 2 N–H and O–H groups in total.